The Hall–Kier alpha value is -1.97. The minimum Gasteiger partial charge on any atom is -0.354 e. The Balaban J connectivity index is 2.18. The van der Waals surface area contributed by atoms with Gasteiger partial charge in [-0.3, -0.25) is 9.59 Å². The molecule has 1 saturated heterocycles. The van der Waals surface area contributed by atoms with Crippen LogP contribution in [0.15, 0.2) is 29.2 Å². The van der Waals surface area contributed by atoms with E-state index in [-0.39, 0.29) is 47.9 Å². The van der Waals surface area contributed by atoms with E-state index < -0.39 is 10.0 Å². The molecule has 2 amide bonds. The van der Waals surface area contributed by atoms with E-state index in [1.165, 1.54) is 18.2 Å². The molecule has 8 nitrogen and oxygen atoms in total. The summed E-state index contributed by atoms with van der Waals surface area (Å²) in [4.78, 5) is 23.9. The van der Waals surface area contributed by atoms with Crippen LogP contribution in [0, 0.1) is 5.92 Å². The van der Waals surface area contributed by atoms with E-state index in [1.54, 1.807) is 6.07 Å². The lowest BCUT2D eigenvalue weighted by molar-refractivity contribution is -0.122. The van der Waals surface area contributed by atoms with E-state index in [0.29, 0.717) is 12.5 Å². The van der Waals surface area contributed by atoms with Gasteiger partial charge in [-0.25, -0.2) is 8.42 Å². The maximum atomic E-state index is 12.7. The summed E-state index contributed by atoms with van der Waals surface area (Å²) in [6.07, 6.45) is 0.739. The quantitative estimate of drug-likeness (QED) is 0.608. The van der Waals surface area contributed by atoms with Crippen molar-refractivity contribution in [2.45, 2.75) is 31.2 Å². The Labute approximate surface area is 154 Å². The predicted octanol–water partition coefficient (Wildman–Crippen LogP) is -0.0897. The van der Waals surface area contributed by atoms with Crippen LogP contribution in [0.25, 0.3) is 0 Å². The van der Waals surface area contributed by atoms with Crippen molar-refractivity contribution in [2.75, 3.05) is 26.2 Å². The van der Waals surface area contributed by atoms with Crippen LogP contribution >= 0.6 is 0 Å². The molecular weight excluding hydrogens is 356 g/mol. The van der Waals surface area contributed by atoms with Gasteiger partial charge < -0.3 is 16.4 Å². The van der Waals surface area contributed by atoms with Crippen LogP contribution in [0.1, 0.15) is 30.6 Å². The van der Waals surface area contributed by atoms with Gasteiger partial charge in [0.15, 0.2) is 0 Å². The molecular formula is C17H26N4O4S. The third-order valence-corrected chi connectivity index (χ3v) is 5.95. The molecule has 1 aromatic carbocycles. The van der Waals surface area contributed by atoms with Gasteiger partial charge in [0.2, 0.25) is 15.9 Å². The molecule has 1 aromatic rings. The highest BCUT2D eigenvalue weighted by Gasteiger charge is 2.29. The van der Waals surface area contributed by atoms with Crippen molar-refractivity contribution in [3.05, 3.63) is 29.8 Å². The molecule has 0 aromatic heterocycles. The average molecular weight is 382 g/mol. The lowest BCUT2D eigenvalue weighted by Gasteiger charge is -2.26. The number of rotatable bonds is 7. The monoisotopic (exact) mass is 382 g/mol. The Bertz CT molecular complexity index is 764. The predicted molar refractivity (Wildman–Crippen MR) is 98.0 cm³/mol. The lowest BCUT2D eigenvalue weighted by Crippen LogP contribution is -2.49. The van der Waals surface area contributed by atoms with Crippen LogP contribution in [0.4, 0.5) is 0 Å². The second kappa shape index (κ2) is 8.61. The molecule has 1 fully saturated rings. The summed E-state index contributed by atoms with van der Waals surface area (Å²) in [5.41, 5.74) is 5.95. The van der Waals surface area contributed by atoms with Crippen molar-refractivity contribution >= 4 is 21.8 Å². The Morgan fingerprint density at radius 3 is 2.73 bits per heavy atom. The van der Waals surface area contributed by atoms with Crippen molar-refractivity contribution in [2.24, 2.45) is 11.7 Å². The molecule has 1 heterocycles. The standard InChI is InChI=1S/C17H26N4O4S/c1-12(2)8-14(10-18)20-17(23)13-4-3-5-15(9-13)26(24,25)21-7-6-19-16(22)11-21/h3-5,9,12,14H,6-8,10-11,18H2,1-2H3,(H,19,22)(H,20,23). The second-order valence-corrected chi connectivity index (χ2v) is 8.69. The summed E-state index contributed by atoms with van der Waals surface area (Å²) in [6.45, 7) is 4.64. The van der Waals surface area contributed by atoms with Gasteiger partial charge in [0.1, 0.15) is 0 Å². The van der Waals surface area contributed by atoms with Crippen molar-refractivity contribution < 1.29 is 18.0 Å². The first kappa shape index (κ1) is 20.3. The summed E-state index contributed by atoms with van der Waals surface area (Å²) in [5, 5.41) is 5.43. The van der Waals surface area contributed by atoms with Gasteiger partial charge in [0.25, 0.3) is 5.91 Å². The summed E-state index contributed by atoms with van der Waals surface area (Å²) in [5.74, 6) is -0.330. The first-order chi connectivity index (χ1) is 12.2. The number of benzene rings is 1. The number of nitrogens with one attached hydrogen (secondary N) is 2. The first-order valence-electron chi connectivity index (χ1n) is 8.62. The minimum absolute atomic E-state index is 0.00647. The van der Waals surface area contributed by atoms with Crippen LogP contribution < -0.4 is 16.4 Å². The molecule has 1 unspecified atom stereocenters. The Kier molecular flexibility index (Phi) is 6.74. The molecule has 9 heteroatoms. The summed E-state index contributed by atoms with van der Waals surface area (Å²) >= 11 is 0. The summed E-state index contributed by atoms with van der Waals surface area (Å²) in [7, 11) is -3.84. The van der Waals surface area contributed by atoms with Crippen molar-refractivity contribution in [1.82, 2.24) is 14.9 Å². The summed E-state index contributed by atoms with van der Waals surface area (Å²) < 4.78 is 26.6. The van der Waals surface area contributed by atoms with Gasteiger partial charge in [-0.2, -0.15) is 4.31 Å². The van der Waals surface area contributed by atoms with Gasteiger partial charge in [0.05, 0.1) is 11.4 Å². The molecule has 26 heavy (non-hydrogen) atoms. The minimum atomic E-state index is -3.84. The zero-order valence-corrected chi connectivity index (χ0v) is 15.9. The molecule has 0 bridgehead atoms. The molecule has 0 spiro atoms. The van der Waals surface area contributed by atoms with E-state index in [1.807, 2.05) is 13.8 Å². The smallest absolute Gasteiger partial charge is 0.251 e. The Morgan fingerprint density at radius 2 is 2.12 bits per heavy atom. The maximum Gasteiger partial charge on any atom is 0.251 e. The fraction of sp³-hybridized carbons (Fsp3) is 0.529. The van der Waals surface area contributed by atoms with Gasteiger partial charge in [-0.15, -0.1) is 0 Å². The number of hydrogen-bond donors (Lipinski definition) is 3. The molecule has 4 N–H and O–H groups in total. The second-order valence-electron chi connectivity index (χ2n) is 6.75. The first-order valence-corrected chi connectivity index (χ1v) is 10.1. The Morgan fingerprint density at radius 1 is 1.38 bits per heavy atom. The number of nitrogens with two attached hydrogens (primary N) is 1. The number of amides is 2. The van der Waals surface area contributed by atoms with Gasteiger partial charge >= 0.3 is 0 Å². The number of nitrogens with zero attached hydrogens (tertiary/aromatic N) is 1. The van der Waals surface area contributed by atoms with E-state index in [9.17, 15) is 18.0 Å². The third-order valence-electron chi connectivity index (χ3n) is 4.11. The average Bonchev–Trinajstić information content (AvgIpc) is 2.60. The SMILES string of the molecule is CC(C)CC(CN)NC(=O)c1cccc(S(=O)(=O)N2CCNC(=O)C2)c1. The number of hydrogen-bond acceptors (Lipinski definition) is 5. The van der Waals surface area contributed by atoms with Crippen LogP contribution in [-0.4, -0.2) is 56.8 Å². The molecule has 1 atom stereocenters. The highest BCUT2D eigenvalue weighted by molar-refractivity contribution is 7.89. The molecule has 1 aliphatic rings. The van der Waals surface area contributed by atoms with Gasteiger partial charge in [0, 0.05) is 31.2 Å². The molecule has 0 aliphatic carbocycles. The van der Waals surface area contributed by atoms with Crippen molar-refractivity contribution in [3.63, 3.8) is 0 Å². The molecule has 0 radical (unpaired) electrons. The maximum absolute atomic E-state index is 12.7. The van der Waals surface area contributed by atoms with Crippen LogP contribution in [0.3, 0.4) is 0 Å². The number of sulfonamides is 1. The van der Waals surface area contributed by atoms with Crippen molar-refractivity contribution in [3.8, 4) is 0 Å². The van der Waals surface area contributed by atoms with E-state index in [4.69, 9.17) is 5.73 Å². The molecule has 0 saturated carbocycles. The van der Waals surface area contributed by atoms with Crippen LogP contribution in [-0.2, 0) is 14.8 Å². The normalized spacial score (nSPS) is 17.0. The summed E-state index contributed by atoms with van der Waals surface area (Å²) in [6, 6.07) is 5.66. The zero-order valence-electron chi connectivity index (χ0n) is 15.1. The number of carbonyl (C=O) groups is 2. The lowest BCUT2D eigenvalue weighted by atomic mass is 10.0. The van der Waals surface area contributed by atoms with E-state index in [2.05, 4.69) is 10.6 Å². The number of carbonyl (C=O) groups excluding carboxylic acids is 2. The fourth-order valence-corrected chi connectivity index (χ4v) is 4.26. The van der Waals surface area contributed by atoms with E-state index in [0.717, 1.165) is 10.7 Å². The highest BCUT2D eigenvalue weighted by Crippen LogP contribution is 2.18. The van der Waals surface area contributed by atoms with Crippen LogP contribution in [0.2, 0.25) is 0 Å². The molecule has 144 valence electrons. The van der Waals surface area contributed by atoms with Crippen molar-refractivity contribution in [1.29, 1.82) is 0 Å². The van der Waals surface area contributed by atoms with E-state index >= 15 is 0 Å². The van der Waals surface area contributed by atoms with Gasteiger partial charge in [-0.1, -0.05) is 19.9 Å². The number of piperazine rings is 1. The highest BCUT2D eigenvalue weighted by atomic mass is 32.2. The third kappa shape index (κ3) is 5.03. The van der Waals surface area contributed by atoms with Crippen LogP contribution in [0.5, 0.6) is 0 Å². The van der Waals surface area contributed by atoms with Gasteiger partial charge in [-0.05, 0) is 30.5 Å². The molecule has 1 aliphatic heterocycles. The largest absolute Gasteiger partial charge is 0.354 e. The molecule has 2 rings (SSSR count). The fourth-order valence-electron chi connectivity index (χ4n) is 2.82. The zero-order chi connectivity index (χ0) is 19.3. The topological polar surface area (TPSA) is 122 Å².